The first-order chi connectivity index (χ1) is 10.1. The molecule has 2 rings (SSSR count). The third-order valence-corrected chi connectivity index (χ3v) is 4.12. The second-order valence-corrected chi connectivity index (χ2v) is 6.01. The largest absolute Gasteiger partial charge is 0.497 e. The van der Waals surface area contributed by atoms with Gasteiger partial charge < -0.3 is 10.5 Å². The number of nitrogens with zero attached hydrogens (tertiary/aromatic N) is 1. The monoisotopic (exact) mass is 348 g/mol. The third-order valence-electron chi connectivity index (χ3n) is 3.38. The summed E-state index contributed by atoms with van der Waals surface area (Å²) in [4.78, 5) is 2.27. The number of hydrogen-bond donors (Lipinski definition) is 1. The van der Waals surface area contributed by atoms with Crippen LogP contribution in [-0.4, -0.2) is 19.1 Å². The average molecular weight is 349 g/mol. The fraction of sp³-hybridized carbons (Fsp3) is 0.294. The molecule has 21 heavy (non-hydrogen) atoms. The molecular weight excluding hydrogens is 328 g/mol. The van der Waals surface area contributed by atoms with Gasteiger partial charge in [0.25, 0.3) is 0 Å². The smallest absolute Gasteiger partial charge is 0.119 e. The predicted molar refractivity (Wildman–Crippen MR) is 90.2 cm³/mol. The van der Waals surface area contributed by atoms with Crippen LogP contribution in [0.5, 0.6) is 5.75 Å². The van der Waals surface area contributed by atoms with Gasteiger partial charge in [0.05, 0.1) is 7.11 Å². The molecular formula is C17H21BrN2O. The van der Waals surface area contributed by atoms with E-state index >= 15 is 0 Å². The van der Waals surface area contributed by atoms with Gasteiger partial charge in [0.2, 0.25) is 0 Å². The van der Waals surface area contributed by atoms with E-state index in [4.69, 9.17) is 10.5 Å². The van der Waals surface area contributed by atoms with Gasteiger partial charge in [0, 0.05) is 24.1 Å². The molecule has 112 valence electrons. The average Bonchev–Trinajstić information content (AvgIpc) is 2.49. The van der Waals surface area contributed by atoms with E-state index < -0.39 is 0 Å². The number of nitrogens with two attached hydrogens (primary N) is 1. The van der Waals surface area contributed by atoms with Crippen LogP contribution < -0.4 is 10.5 Å². The van der Waals surface area contributed by atoms with Gasteiger partial charge in [0.1, 0.15) is 5.75 Å². The van der Waals surface area contributed by atoms with Crippen molar-refractivity contribution in [2.24, 2.45) is 5.73 Å². The minimum absolute atomic E-state index is 0.568. The van der Waals surface area contributed by atoms with Crippen molar-refractivity contribution in [1.29, 1.82) is 0 Å². The van der Waals surface area contributed by atoms with Gasteiger partial charge in [-0.25, -0.2) is 0 Å². The minimum Gasteiger partial charge on any atom is -0.497 e. The van der Waals surface area contributed by atoms with Crippen LogP contribution in [0.2, 0.25) is 0 Å². The maximum absolute atomic E-state index is 5.66. The van der Waals surface area contributed by atoms with E-state index in [-0.39, 0.29) is 0 Å². The molecule has 0 saturated heterocycles. The quantitative estimate of drug-likeness (QED) is 0.867. The Labute approximate surface area is 134 Å². The number of hydrogen-bond acceptors (Lipinski definition) is 3. The van der Waals surface area contributed by atoms with Crippen LogP contribution in [0.25, 0.3) is 0 Å². The maximum Gasteiger partial charge on any atom is 0.119 e. The maximum atomic E-state index is 5.66. The molecule has 4 heteroatoms. The summed E-state index contributed by atoms with van der Waals surface area (Å²) in [5, 5.41) is 0. The van der Waals surface area contributed by atoms with Crippen molar-refractivity contribution >= 4 is 15.9 Å². The second-order valence-electron chi connectivity index (χ2n) is 5.15. The number of halogens is 1. The summed E-state index contributed by atoms with van der Waals surface area (Å²) in [5.74, 6) is 0.898. The van der Waals surface area contributed by atoms with Gasteiger partial charge in [-0.1, -0.05) is 40.2 Å². The summed E-state index contributed by atoms with van der Waals surface area (Å²) in [5.41, 5.74) is 9.30. The molecule has 0 aromatic heterocycles. The Kier molecular flexibility index (Phi) is 5.79. The van der Waals surface area contributed by atoms with Crippen molar-refractivity contribution in [3.8, 4) is 5.75 Å². The highest BCUT2D eigenvalue weighted by atomic mass is 79.9. The van der Waals surface area contributed by atoms with Gasteiger partial charge in [-0.15, -0.1) is 0 Å². The molecule has 0 aliphatic heterocycles. The molecule has 0 radical (unpaired) electrons. The number of methoxy groups -OCH3 is 1. The van der Waals surface area contributed by atoms with Crippen LogP contribution in [0, 0.1) is 0 Å². The first-order valence-corrected chi connectivity index (χ1v) is 7.70. The second kappa shape index (κ2) is 7.59. The fourth-order valence-corrected chi connectivity index (χ4v) is 2.83. The molecule has 2 aromatic carbocycles. The summed E-state index contributed by atoms with van der Waals surface area (Å²) in [6.07, 6.45) is 0. The van der Waals surface area contributed by atoms with Crippen LogP contribution in [0.1, 0.15) is 16.7 Å². The molecule has 0 saturated carbocycles. The molecule has 0 atom stereocenters. The van der Waals surface area contributed by atoms with E-state index in [1.54, 1.807) is 7.11 Å². The van der Waals surface area contributed by atoms with Crippen LogP contribution in [-0.2, 0) is 19.6 Å². The van der Waals surface area contributed by atoms with Crippen molar-refractivity contribution in [2.75, 3.05) is 14.2 Å². The highest BCUT2D eigenvalue weighted by Gasteiger charge is 2.06. The third kappa shape index (κ3) is 4.56. The Bertz CT molecular complexity index is 601. The predicted octanol–water partition coefficient (Wildman–Crippen LogP) is 3.55. The van der Waals surface area contributed by atoms with Gasteiger partial charge >= 0.3 is 0 Å². The number of rotatable bonds is 6. The van der Waals surface area contributed by atoms with Crippen molar-refractivity contribution in [3.63, 3.8) is 0 Å². The lowest BCUT2D eigenvalue weighted by Crippen LogP contribution is -2.17. The SMILES string of the molecule is COc1cccc(CN(C)Cc2ccc(CN)cc2Br)c1. The van der Waals surface area contributed by atoms with Gasteiger partial charge in [-0.3, -0.25) is 4.90 Å². The summed E-state index contributed by atoms with van der Waals surface area (Å²) in [6, 6.07) is 14.5. The molecule has 2 aromatic rings. The first-order valence-electron chi connectivity index (χ1n) is 6.91. The highest BCUT2D eigenvalue weighted by molar-refractivity contribution is 9.10. The van der Waals surface area contributed by atoms with Crippen molar-refractivity contribution < 1.29 is 4.74 Å². The van der Waals surface area contributed by atoms with Crippen LogP contribution in [0.3, 0.4) is 0 Å². The zero-order valence-electron chi connectivity index (χ0n) is 12.5. The molecule has 0 aliphatic carbocycles. The number of ether oxygens (including phenoxy) is 1. The summed E-state index contributed by atoms with van der Waals surface area (Å²) in [6.45, 7) is 2.32. The molecule has 0 heterocycles. The molecule has 0 fully saturated rings. The van der Waals surface area contributed by atoms with Gasteiger partial charge in [0.15, 0.2) is 0 Å². The van der Waals surface area contributed by atoms with Gasteiger partial charge in [-0.2, -0.15) is 0 Å². The van der Waals surface area contributed by atoms with E-state index in [1.165, 1.54) is 11.1 Å². The fourth-order valence-electron chi connectivity index (χ4n) is 2.28. The standard InChI is InChI=1S/C17H21BrN2O/c1-20(11-14-4-3-5-16(8-14)21-2)12-15-7-6-13(10-19)9-17(15)18/h3-9H,10-12,19H2,1-2H3. The van der Waals surface area contributed by atoms with Crippen molar-refractivity contribution in [1.82, 2.24) is 4.90 Å². The lowest BCUT2D eigenvalue weighted by Gasteiger charge is -2.18. The molecule has 0 aliphatic rings. The molecule has 2 N–H and O–H groups in total. The molecule has 0 amide bonds. The van der Waals surface area contributed by atoms with E-state index in [0.29, 0.717) is 6.54 Å². The molecule has 0 bridgehead atoms. The first kappa shape index (κ1) is 16.0. The lowest BCUT2D eigenvalue weighted by atomic mass is 10.1. The zero-order valence-corrected chi connectivity index (χ0v) is 14.1. The normalized spacial score (nSPS) is 10.9. The Balaban J connectivity index is 2.02. The number of benzene rings is 2. The lowest BCUT2D eigenvalue weighted by molar-refractivity contribution is 0.317. The van der Waals surface area contributed by atoms with Crippen molar-refractivity contribution in [3.05, 3.63) is 63.6 Å². The Hall–Kier alpha value is -1.36. The zero-order chi connectivity index (χ0) is 15.2. The molecule has 0 unspecified atom stereocenters. The topological polar surface area (TPSA) is 38.5 Å². The minimum atomic E-state index is 0.568. The Morgan fingerprint density at radius 3 is 2.57 bits per heavy atom. The summed E-state index contributed by atoms with van der Waals surface area (Å²) < 4.78 is 6.38. The van der Waals surface area contributed by atoms with Crippen LogP contribution in [0.4, 0.5) is 0 Å². The summed E-state index contributed by atoms with van der Waals surface area (Å²) >= 11 is 3.62. The Morgan fingerprint density at radius 2 is 1.90 bits per heavy atom. The highest BCUT2D eigenvalue weighted by Crippen LogP contribution is 2.21. The Morgan fingerprint density at radius 1 is 1.10 bits per heavy atom. The van der Waals surface area contributed by atoms with Gasteiger partial charge in [-0.05, 0) is 41.9 Å². The van der Waals surface area contributed by atoms with E-state index in [2.05, 4.69) is 58.2 Å². The summed E-state index contributed by atoms with van der Waals surface area (Å²) in [7, 11) is 3.81. The van der Waals surface area contributed by atoms with E-state index in [1.807, 2.05) is 12.1 Å². The molecule has 0 spiro atoms. The van der Waals surface area contributed by atoms with Crippen LogP contribution in [0.15, 0.2) is 46.9 Å². The molecule has 3 nitrogen and oxygen atoms in total. The van der Waals surface area contributed by atoms with Crippen LogP contribution >= 0.6 is 15.9 Å². The van der Waals surface area contributed by atoms with Crippen molar-refractivity contribution in [2.45, 2.75) is 19.6 Å². The van der Waals surface area contributed by atoms with E-state index in [9.17, 15) is 0 Å². The van der Waals surface area contributed by atoms with E-state index in [0.717, 1.165) is 28.9 Å².